The fourth-order valence-corrected chi connectivity index (χ4v) is 5.76. The first kappa shape index (κ1) is 22.1. The average molecular weight is 508 g/mol. The number of phenols is 1. The molecule has 5 aromatic rings. The molecule has 178 valence electrons. The molecule has 6 rings (SSSR count). The van der Waals surface area contributed by atoms with Crippen LogP contribution in [0.3, 0.4) is 0 Å². The molecule has 7 nitrogen and oxygen atoms in total. The Balaban J connectivity index is 1.64. The molecule has 1 aliphatic rings. The molecule has 1 N–H and O–H groups in total. The number of halogens is 1. The summed E-state index contributed by atoms with van der Waals surface area (Å²) < 4.78 is 13.6. The number of fused-ring (bicyclic) bond motifs is 3. The van der Waals surface area contributed by atoms with E-state index in [2.05, 4.69) is 11.1 Å². The van der Waals surface area contributed by atoms with Gasteiger partial charge in [0.05, 0.1) is 34.0 Å². The van der Waals surface area contributed by atoms with E-state index in [9.17, 15) is 9.90 Å². The van der Waals surface area contributed by atoms with Crippen molar-refractivity contribution in [2.45, 2.75) is 45.3 Å². The van der Waals surface area contributed by atoms with Gasteiger partial charge in [-0.1, -0.05) is 17.7 Å². The normalized spacial score (nSPS) is 13.8. The Morgan fingerprint density at radius 2 is 2.11 bits per heavy atom. The molecule has 1 saturated carbocycles. The Labute approximate surface area is 209 Å². The van der Waals surface area contributed by atoms with E-state index < -0.39 is 0 Å². The zero-order chi connectivity index (χ0) is 24.3. The highest BCUT2D eigenvalue weighted by molar-refractivity contribution is 7.25. The lowest BCUT2D eigenvalue weighted by molar-refractivity contribution is 0.242. The van der Waals surface area contributed by atoms with Crippen LogP contribution in [0, 0.1) is 0 Å². The van der Waals surface area contributed by atoms with E-state index in [0.29, 0.717) is 37.8 Å². The molecule has 3 heterocycles. The maximum atomic E-state index is 14.0. The van der Waals surface area contributed by atoms with Gasteiger partial charge in [-0.2, -0.15) is 0 Å². The molecule has 1 fully saturated rings. The number of phenolic OH excluding ortho intramolecular Hbond substituents is 1. The van der Waals surface area contributed by atoms with Gasteiger partial charge in [0.25, 0.3) is 5.56 Å². The summed E-state index contributed by atoms with van der Waals surface area (Å²) in [6.07, 6.45) is 5.17. The molecular formula is C26H22ClN3O4S. The molecular weight excluding hydrogens is 486 g/mol. The number of nitrogens with zero attached hydrogens (tertiary/aromatic N) is 3. The van der Waals surface area contributed by atoms with Crippen molar-refractivity contribution in [2.24, 2.45) is 0 Å². The van der Waals surface area contributed by atoms with Gasteiger partial charge in [0.2, 0.25) is 0 Å². The highest BCUT2D eigenvalue weighted by atomic mass is 35.5. The number of aromatic hydroxyl groups is 1. The maximum Gasteiger partial charge on any atom is 0.263 e. The van der Waals surface area contributed by atoms with Gasteiger partial charge in [-0.15, -0.1) is 11.3 Å². The summed E-state index contributed by atoms with van der Waals surface area (Å²) in [6.45, 7) is 4.18. The van der Waals surface area contributed by atoms with E-state index in [1.807, 2.05) is 26.0 Å². The summed E-state index contributed by atoms with van der Waals surface area (Å²) >= 11 is 7.41. The fraction of sp³-hybridized carbons (Fsp3) is 0.269. The second-order valence-corrected chi connectivity index (χ2v) is 10.4. The minimum absolute atomic E-state index is 0.0382. The monoisotopic (exact) mass is 507 g/mol. The van der Waals surface area contributed by atoms with E-state index in [1.54, 1.807) is 22.9 Å². The highest BCUT2D eigenvalue weighted by Gasteiger charge is 2.29. The van der Waals surface area contributed by atoms with Gasteiger partial charge < -0.3 is 14.3 Å². The number of aromatic nitrogens is 3. The van der Waals surface area contributed by atoms with Crippen LogP contribution in [0.5, 0.6) is 11.5 Å². The average Bonchev–Trinajstić information content (AvgIpc) is 3.41. The fourth-order valence-electron chi connectivity index (χ4n) is 4.43. The van der Waals surface area contributed by atoms with E-state index in [1.165, 1.54) is 17.7 Å². The Morgan fingerprint density at radius 3 is 2.83 bits per heavy atom. The lowest BCUT2D eigenvalue weighted by Gasteiger charge is -2.17. The summed E-state index contributed by atoms with van der Waals surface area (Å²) in [4.78, 5) is 23.5. The molecule has 0 unspecified atom stereocenters. The maximum absolute atomic E-state index is 14.0. The van der Waals surface area contributed by atoms with E-state index >= 15 is 0 Å². The third-order valence-electron chi connectivity index (χ3n) is 6.14. The first-order valence-corrected chi connectivity index (χ1v) is 12.6. The van der Waals surface area contributed by atoms with Crippen molar-refractivity contribution in [3.05, 3.63) is 69.6 Å². The summed E-state index contributed by atoms with van der Waals surface area (Å²) in [6, 6.07) is 9.33. The Morgan fingerprint density at radius 1 is 1.29 bits per heavy atom. The molecule has 0 saturated heterocycles. The van der Waals surface area contributed by atoms with Crippen molar-refractivity contribution in [3.63, 3.8) is 0 Å². The quantitative estimate of drug-likeness (QED) is 0.288. The first-order valence-electron chi connectivity index (χ1n) is 11.4. The van der Waals surface area contributed by atoms with Crippen LogP contribution >= 0.6 is 22.9 Å². The van der Waals surface area contributed by atoms with Crippen LogP contribution in [0.4, 0.5) is 0 Å². The zero-order valence-electron chi connectivity index (χ0n) is 19.1. The lowest BCUT2D eigenvalue weighted by Crippen LogP contribution is -2.24. The van der Waals surface area contributed by atoms with Crippen LogP contribution in [0.15, 0.2) is 52.1 Å². The Kier molecular flexibility index (Phi) is 5.30. The molecule has 1 aliphatic carbocycles. The third-order valence-corrected chi connectivity index (χ3v) is 7.55. The molecule has 35 heavy (non-hydrogen) atoms. The van der Waals surface area contributed by atoms with Crippen molar-refractivity contribution in [3.8, 4) is 22.9 Å². The molecule has 0 aliphatic heterocycles. The minimum atomic E-state index is -0.210. The van der Waals surface area contributed by atoms with Gasteiger partial charge in [-0.3, -0.25) is 9.36 Å². The van der Waals surface area contributed by atoms with Crippen molar-refractivity contribution in [1.82, 2.24) is 14.5 Å². The number of hydrogen-bond donors (Lipinski definition) is 1. The topological polar surface area (TPSA) is 90.4 Å². The molecule has 0 atom stereocenters. The third kappa shape index (κ3) is 3.86. The van der Waals surface area contributed by atoms with Crippen molar-refractivity contribution < 1.29 is 14.3 Å². The van der Waals surface area contributed by atoms with Gasteiger partial charge in [0.1, 0.15) is 22.2 Å². The predicted molar refractivity (Wildman–Crippen MR) is 137 cm³/mol. The van der Waals surface area contributed by atoms with Crippen LogP contribution in [-0.2, 0) is 6.54 Å². The molecule has 0 bridgehead atoms. The zero-order valence-corrected chi connectivity index (χ0v) is 20.7. The number of rotatable bonds is 6. The Bertz CT molecular complexity index is 1630. The molecule has 0 amide bonds. The molecule has 9 heteroatoms. The van der Waals surface area contributed by atoms with Crippen LogP contribution in [0.1, 0.15) is 43.9 Å². The second kappa shape index (κ2) is 8.39. The number of benzene rings is 2. The number of oxazole rings is 1. The van der Waals surface area contributed by atoms with Crippen LogP contribution in [0.2, 0.25) is 5.02 Å². The van der Waals surface area contributed by atoms with E-state index in [0.717, 1.165) is 29.7 Å². The largest absolute Gasteiger partial charge is 0.505 e. The highest BCUT2D eigenvalue weighted by Crippen LogP contribution is 2.46. The summed E-state index contributed by atoms with van der Waals surface area (Å²) in [5.41, 5.74) is 1.80. The van der Waals surface area contributed by atoms with Crippen LogP contribution in [0.25, 0.3) is 31.7 Å². The standard InChI is InChI=1S/C26H22ClN3O4S/c1-13(2)34-15-5-6-17(19(9-15)14-3-4-14)24-29-25-21(18-7-8-20(27)22(31)23(18)35-25)26(32)30(24)11-16-10-28-12-33-16/h5-10,12-14,31H,3-4,11H2,1-2H3. The molecule has 2 aromatic carbocycles. The smallest absolute Gasteiger partial charge is 0.263 e. The summed E-state index contributed by atoms with van der Waals surface area (Å²) in [5.74, 6) is 2.26. The van der Waals surface area contributed by atoms with Crippen LogP contribution < -0.4 is 10.3 Å². The molecule has 3 aromatic heterocycles. The predicted octanol–water partition coefficient (Wildman–Crippen LogP) is 6.34. The van der Waals surface area contributed by atoms with Crippen molar-refractivity contribution in [1.29, 1.82) is 0 Å². The van der Waals surface area contributed by atoms with Gasteiger partial charge in [0.15, 0.2) is 12.1 Å². The second-order valence-electron chi connectivity index (χ2n) is 9.04. The van der Waals surface area contributed by atoms with Gasteiger partial charge in [0, 0.05) is 10.9 Å². The van der Waals surface area contributed by atoms with E-state index in [4.69, 9.17) is 25.7 Å². The SMILES string of the molecule is CC(C)Oc1ccc(-c2nc3sc4c(O)c(Cl)ccc4c3c(=O)n2Cc2cnco2)c(C2CC2)c1. The summed E-state index contributed by atoms with van der Waals surface area (Å²) in [5, 5.41) is 11.9. The van der Waals surface area contributed by atoms with Crippen LogP contribution in [-0.4, -0.2) is 25.7 Å². The van der Waals surface area contributed by atoms with Gasteiger partial charge in [-0.25, -0.2) is 9.97 Å². The lowest BCUT2D eigenvalue weighted by atomic mass is 10.0. The number of ether oxygens (including phenoxy) is 1. The molecule has 0 radical (unpaired) electrons. The number of thiophene rings is 1. The summed E-state index contributed by atoms with van der Waals surface area (Å²) in [7, 11) is 0. The van der Waals surface area contributed by atoms with Gasteiger partial charge >= 0.3 is 0 Å². The minimum Gasteiger partial charge on any atom is -0.505 e. The van der Waals surface area contributed by atoms with Crippen molar-refractivity contribution >= 4 is 43.2 Å². The van der Waals surface area contributed by atoms with Gasteiger partial charge in [-0.05, 0) is 62.4 Å². The number of hydrogen-bond acceptors (Lipinski definition) is 7. The molecule has 0 spiro atoms. The Hall–Kier alpha value is -3.36. The first-order chi connectivity index (χ1) is 16.9. The van der Waals surface area contributed by atoms with Crippen molar-refractivity contribution in [2.75, 3.05) is 0 Å². The van der Waals surface area contributed by atoms with E-state index in [-0.39, 0.29) is 29.0 Å².